The molecule has 4 heteroatoms. The lowest BCUT2D eigenvalue weighted by Crippen LogP contribution is -2.22. The summed E-state index contributed by atoms with van der Waals surface area (Å²) in [5.74, 6) is 0.706. The SMILES string of the molecule is CCC(C)CNCc1c(Cl)c(C)nn1CC. The summed E-state index contributed by atoms with van der Waals surface area (Å²) in [5.41, 5.74) is 2.02. The minimum Gasteiger partial charge on any atom is -0.311 e. The van der Waals surface area contributed by atoms with E-state index in [4.69, 9.17) is 11.6 Å². The van der Waals surface area contributed by atoms with Crippen molar-refractivity contribution in [1.29, 1.82) is 0 Å². The Morgan fingerprint density at radius 2 is 2.12 bits per heavy atom. The van der Waals surface area contributed by atoms with Crippen molar-refractivity contribution in [3.8, 4) is 0 Å². The molecule has 1 rings (SSSR count). The van der Waals surface area contributed by atoms with Crippen molar-refractivity contribution in [2.75, 3.05) is 6.54 Å². The predicted octanol–water partition coefficient (Wildman–Crippen LogP) is 3.00. The number of aryl methyl sites for hydroxylation is 2. The molecule has 0 amide bonds. The van der Waals surface area contributed by atoms with E-state index < -0.39 is 0 Å². The number of aromatic nitrogens is 2. The van der Waals surface area contributed by atoms with E-state index >= 15 is 0 Å². The average Bonchev–Trinajstić information content (AvgIpc) is 2.56. The second kappa shape index (κ2) is 6.26. The van der Waals surface area contributed by atoms with Crippen LogP contribution in [0.2, 0.25) is 5.02 Å². The maximum atomic E-state index is 6.22. The van der Waals surface area contributed by atoms with Gasteiger partial charge >= 0.3 is 0 Å². The van der Waals surface area contributed by atoms with Crippen LogP contribution in [0.15, 0.2) is 0 Å². The molecule has 0 spiro atoms. The molecule has 1 N–H and O–H groups in total. The maximum Gasteiger partial charge on any atom is 0.0860 e. The highest BCUT2D eigenvalue weighted by Crippen LogP contribution is 2.19. The molecule has 1 heterocycles. The summed E-state index contributed by atoms with van der Waals surface area (Å²) in [4.78, 5) is 0. The third-order valence-corrected chi connectivity index (χ3v) is 3.43. The van der Waals surface area contributed by atoms with Gasteiger partial charge in [0.2, 0.25) is 0 Å². The largest absolute Gasteiger partial charge is 0.311 e. The fourth-order valence-electron chi connectivity index (χ4n) is 1.62. The molecule has 0 aromatic carbocycles. The van der Waals surface area contributed by atoms with E-state index in [0.29, 0.717) is 5.92 Å². The Hall–Kier alpha value is -0.540. The highest BCUT2D eigenvalue weighted by Gasteiger charge is 2.11. The summed E-state index contributed by atoms with van der Waals surface area (Å²) < 4.78 is 1.97. The molecule has 0 saturated heterocycles. The third kappa shape index (κ3) is 3.22. The van der Waals surface area contributed by atoms with Gasteiger partial charge in [-0.2, -0.15) is 5.10 Å². The lowest BCUT2D eigenvalue weighted by molar-refractivity contribution is 0.486. The first kappa shape index (κ1) is 13.5. The third-order valence-electron chi connectivity index (χ3n) is 2.93. The van der Waals surface area contributed by atoms with Gasteiger partial charge < -0.3 is 5.32 Å². The zero-order valence-electron chi connectivity index (χ0n) is 10.7. The molecular weight excluding hydrogens is 222 g/mol. The van der Waals surface area contributed by atoms with Gasteiger partial charge in [-0.15, -0.1) is 0 Å². The van der Waals surface area contributed by atoms with Crippen molar-refractivity contribution in [1.82, 2.24) is 15.1 Å². The van der Waals surface area contributed by atoms with E-state index in [1.54, 1.807) is 0 Å². The number of rotatable bonds is 6. The van der Waals surface area contributed by atoms with Crippen LogP contribution in [-0.4, -0.2) is 16.3 Å². The smallest absolute Gasteiger partial charge is 0.0860 e. The van der Waals surface area contributed by atoms with Crippen LogP contribution < -0.4 is 5.32 Å². The van der Waals surface area contributed by atoms with Gasteiger partial charge in [-0.3, -0.25) is 4.68 Å². The number of hydrogen-bond acceptors (Lipinski definition) is 2. The van der Waals surface area contributed by atoms with Gasteiger partial charge in [-0.1, -0.05) is 31.9 Å². The summed E-state index contributed by atoms with van der Waals surface area (Å²) in [6.07, 6.45) is 1.20. The van der Waals surface area contributed by atoms with Crippen molar-refractivity contribution in [2.24, 2.45) is 5.92 Å². The monoisotopic (exact) mass is 243 g/mol. The van der Waals surface area contributed by atoms with Gasteiger partial charge in [-0.05, 0) is 26.3 Å². The molecule has 16 heavy (non-hydrogen) atoms. The maximum absolute atomic E-state index is 6.22. The standard InChI is InChI=1S/C12H22ClN3/c1-5-9(3)7-14-8-11-12(13)10(4)15-16(11)6-2/h9,14H,5-8H2,1-4H3. The van der Waals surface area contributed by atoms with Crippen LogP contribution in [0.4, 0.5) is 0 Å². The molecule has 0 bridgehead atoms. The molecule has 1 aromatic rings. The minimum absolute atomic E-state index is 0.706. The molecule has 0 aliphatic heterocycles. The summed E-state index contributed by atoms with van der Waals surface area (Å²) in [6.45, 7) is 11.2. The van der Waals surface area contributed by atoms with Gasteiger partial charge in [0, 0.05) is 13.1 Å². The van der Waals surface area contributed by atoms with Crippen molar-refractivity contribution in [2.45, 2.75) is 47.2 Å². The van der Waals surface area contributed by atoms with E-state index in [9.17, 15) is 0 Å². The highest BCUT2D eigenvalue weighted by molar-refractivity contribution is 6.31. The Balaban J connectivity index is 2.59. The van der Waals surface area contributed by atoms with Crippen LogP contribution >= 0.6 is 11.6 Å². The lowest BCUT2D eigenvalue weighted by Gasteiger charge is -2.11. The normalized spacial score (nSPS) is 13.1. The summed E-state index contributed by atoms with van der Waals surface area (Å²) >= 11 is 6.22. The summed E-state index contributed by atoms with van der Waals surface area (Å²) in [5, 5.41) is 8.63. The lowest BCUT2D eigenvalue weighted by atomic mass is 10.1. The van der Waals surface area contributed by atoms with E-state index in [0.717, 1.165) is 36.0 Å². The first-order valence-corrected chi connectivity index (χ1v) is 6.40. The molecule has 1 atom stereocenters. The fraction of sp³-hybridized carbons (Fsp3) is 0.750. The van der Waals surface area contributed by atoms with Gasteiger partial charge in [0.05, 0.1) is 16.4 Å². The summed E-state index contributed by atoms with van der Waals surface area (Å²) in [6, 6.07) is 0. The second-order valence-corrected chi connectivity index (χ2v) is 4.68. The molecule has 0 fully saturated rings. The van der Waals surface area contributed by atoms with E-state index in [2.05, 4.69) is 31.2 Å². The van der Waals surface area contributed by atoms with Crippen molar-refractivity contribution < 1.29 is 0 Å². The van der Waals surface area contributed by atoms with Gasteiger partial charge in [0.1, 0.15) is 0 Å². The molecule has 3 nitrogen and oxygen atoms in total. The molecule has 0 saturated carbocycles. The number of halogens is 1. The van der Waals surface area contributed by atoms with Crippen LogP contribution in [0.1, 0.15) is 38.6 Å². The number of nitrogens with one attached hydrogen (secondary N) is 1. The second-order valence-electron chi connectivity index (χ2n) is 4.31. The Kier molecular flexibility index (Phi) is 5.29. The minimum atomic E-state index is 0.706. The molecule has 1 unspecified atom stereocenters. The fourth-order valence-corrected chi connectivity index (χ4v) is 1.82. The van der Waals surface area contributed by atoms with Crippen molar-refractivity contribution >= 4 is 11.6 Å². The number of hydrogen-bond donors (Lipinski definition) is 1. The average molecular weight is 244 g/mol. The van der Waals surface area contributed by atoms with Crippen LogP contribution in [0.5, 0.6) is 0 Å². The van der Waals surface area contributed by atoms with Crippen molar-refractivity contribution in [3.63, 3.8) is 0 Å². The van der Waals surface area contributed by atoms with Crippen LogP contribution in [0, 0.1) is 12.8 Å². The topological polar surface area (TPSA) is 29.9 Å². The van der Waals surface area contributed by atoms with Crippen LogP contribution in [0.3, 0.4) is 0 Å². The van der Waals surface area contributed by atoms with Gasteiger partial charge in [0.25, 0.3) is 0 Å². The van der Waals surface area contributed by atoms with E-state index in [-0.39, 0.29) is 0 Å². The van der Waals surface area contributed by atoms with Crippen LogP contribution in [0.25, 0.3) is 0 Å². The Morgan fingerprint density at radius 1 is 1.44 bits per heavy atom. The number of nitrogens with zero attached hydrogens (tertiary/aromatic N) is 2. The van der Waals surface area contributed by atoms with E-state index in [1.807, 2.05) is 11.6 Å². The Bertz CT molecular complexity index is 333. The molecule has 0 aliphatic carbocycles. The Morgan fingerprint density at radius 3 is 2.69 bits per heavy atom. The van der Waals surface area contributed by atoms with Gasteiger partial charge in [0.15, 0.2) is 0 Å². The van der Waals surface area contributed by atoms with Crippen LogP contribution in [-0.2, 0) is 13.1 Å². The first-order chi connectivity index (χ1) is 7.60. The molecule has 92 valence electrons. The van der Waals surface area contributed by atoms with E-state index in [1.165, 1.54) is 6.42 Å². The quantitative estimate of drug-likeness (QED) is 0.833. The first-order valence-electron chi connectivity index (χ1n) is 6.02. The molecule has 0 radical (unpaired) electrons. The Labute approximate surface area is 103 Å². The zero-order chi connectivity index (χ0) is 12.1. The molecule has 0 aliphatic rings. The zero-order valence-corrected chi connectivity index (χ0v) is 11.4. The van der Waals surface area contributed by atoms with Crippen molar-refractivity contribution in [3.05, 3.63) is 16.4 Å². The molecule has 1 aromatic heterocycles. The molecular formula is C12H22ClN3. The summed E-state index contributed by atoms with van der Waals surface area (Å²) in [7, 11) is 0. The predicted molar refractivity (Wildman–Crippen MR) is 68.8 cm³/mol. The van der Waals surface area contributed by atoms with Gasteiger partial charge in [-0.25, -0.2) is 0 Å². The highest BCUT2D eigenvalue weighted by atomic mass is 35.5.